The molecule has 1 aliphatic rings. The molecule has 3 heterocycles. The Balaban J connectivity index is 1.42. The van der Waals surface area contributed by atoms with Crippen LogP contribution in [-0.2, 0) is 0 Å². The number of H-pyrrole nitrogens is 1. The van der Waals surface area contributed by atoms with Crippen LogP contribution in [0.25, 0.3) is 16.6 Å². The van der Waals surface area contributed by atoms with Gasteiger partial charge in [0.25, 0.3) is 11.5 Å². The molecule has 1 saturated heterocycles. The molecule has 0 saturated carbocycles. The van der Waals surface area contributed by atoms with Crippen LogP contribution < -0.4 is 16.1 Å². The first-order chi connectivity index (χ1) is 15.6. The number of aromatic amines is 1. The van der Waals surface area contributed by atoms with Gasteiger partial charge < -0.3 is 9.80 Å². The van der Waals surface area contributed by atoms with Gasteiger partial charge >= 0.3 is 5.69 Å². The van der Waals surface area contributed by atoms with Crippen LogP contribution in [0.1, 0.15) is 10.4 Å². The summed E-state index contributed by atoms with van der Waals surface area (Å²) in [6.45, 7) is 2.37. The Morgan fingerprint density at radius 1 is 0.875 bits per heavy atom. The van der Waals surface area contributed by atoms with Crippen LogP contribution in [0.15, 0.2) is 76.6 Å². The van der Waals surface area contributed by atoms with E-state index < -0.39 is 11.2 Å². The molecule has 9 heteroatoms. The van der Waals surface area contributed by atoms with Crippen molar-refractivity contribution in [2.24, 2.45) is 0 Å². The smallest absolute Gasteiger partial charge is 0.333 e. The van der Waals surface area contributed by atoms with Gasteiger partial charge in [-0.05, 0) is 36.4 Å². The van der Waals surface area contributed by atoms with E-state index in [1.54, 1.807) is 71.9 Å². The summed E-state index contributed by atoms with van der Waals surface area (Å²) < 4.78 is 1.41. The second-order valence-corrected chi connectivity index (χ2v) is 7.49. The third-order valence-corrected chi connectivity index (χ3v) is 5.57. The van der Waals surface area contributed by atoms with Crippen LogP contribution in [0.3, 0.4) is 0 Å². The number of nitrogens with one attached hydrogen (secondary N) is 1. The Labute approximate surface area is 182 Å². The van der Waals surface area contributed by atoms with E-state index in [2.05, 4.69) is 15.0 Å². The number of amides is 1. The van der Waals surface area contributed by atoms with Crippen LogP contribution >= 0.6 is 0 Å². The van der Waals surface area contributed by atoms with Crippen molar-refractivity contribution in [3.8, 4) is 5.69 Å². The summed E-state index contributed by atoms with van der Waals surface area (Å²) in [5.41, 5.74) is 0.505. The lowest BCUT2D eigenvalue weighted by molar-refractivity contribution is 0.0746. The van der Waals surface area contributed by atoms with E-state index in [1.807, 2.05) is 4.90 Å². The van der Waals surface area contributed by atoms with E-state index in [1.165, 1.54) is 4.57 Å². The van der Waals surface area contributed by atoms with Gasteiger partial charge in [-0.3, -0.25) is 19.1 Å². The van der Waals surface area contributed by atoms with Crippen molar-refractivity contribution < 1.29 is 4.79 Å². The number of hydrogen-bond donors (Lipinski definition) is 1. The summed E-state index contributed by atoms with van der Waals surface area (Å²) in [6.07, 6.45) is 3.40. The lowest BCUT2D eigenvalue weighted by Crippen LogP contribution is -2.49. The molecule has 160 valence electrons. The molecule has 4 aromatic rings. The average Bonchev–Trinajstić information content (AvgIpc) is 2.84. The highest BCUT2D eigenvalue weighted by atomic mass is 16.2. The number of benzene rings is 2. The molecule has 1 fully saturated rings. The van der Waals surface area contributed by atoms with Gasteiger partial charge in [0.15, 0.2) is 0 Å². The summed E-state index contributed by atoms with van der Waals surface area (Å²) >= 11 is 0. The molecule has 0 spiro atoms. The molecular weight excluding hydrogens is 408 g/mol. The minimum Gasteiger partial charge on any atom is -0.337 e. The molecular formula is C23H20N6O3. The number of nitrogens with zero attached hydrogens (tertiary/aromatic N) is 5. The van der Waals surface area contributed by atoms with Crippen LogP contribution in [0.2, 0.25) is 0 Å². The van der Waals surface area contributed by atoms with E-state index in [0.29, 0.717) is 54.3 Å². The maximum atomic E-state index is 13.2. The van der Waals surface area contributed by atoms with Gasteiger partial charge in [0, 0.05) is 44.1 Å². The van der Waals surface area contributed by atoms with Gasteiger partial charge in [0.05, 0.1) is 16.6 Å². The van der Waals surface area contributed by atoms with Crippen LogP contribution in [-0.4, -0.2) is 56.5 Å². The van der Waals surface area contributed by atoms with Crippen molar-refractivity contribution in [3.63, 3.8) is 0 Å². The fraction of sp³-hybridized carbons (Fsp3) is 0.174. The predicted octanol–water partition coefficient (Wildman–Crippen LogP) is 1.43. The Hall–Kier alpha value is -4.27. The number of carbonyl (C=O) groups excluding carboxylic acids is 1. The Kier molecular flexibility index (Phi) is 4.98. The monoisotopic (exact) mass is 428 g/mol. The zero-order valence-corrected chi connectivity index (χ0v) is 17.1. The third kappa shape index (κ3) is 3.53. The largest absolute Gasteiger partial charge is 0.337 e. The number of aromatic nitrogens is 4. The second-order valence-electron chi connectivity index (χ2n) is 7.49. The molecule has 0 bridgehead atoms. The van der Waals surface area contributed by atoms with Crippen molar-refractivity contribution >= 4 is 22.8 Å². The maximum absolute atomic E-state index is 13.2. The first kappa shape index (κ1) is 19.7. The molecule has 1 aliphatic heterocycles. The highest BCUT2D eigenvalue weighted by Crippen LogP contribution is 2.17. The zero-order valence-electron chi connectivity index (χ0n) is 17.1. The number of rotatable bonds is 3. The molecule has 1 amide bonds. The van der Waals surface area contributed by atoms with Crippen LogP contribution in [0.5, 0.6) is 0 Å². The summed E-state index contributed by atoms with van der Waals surface area (Å²) in [6, 6.07) is 15.6. The highest BCUT2D eigenvalue weighted by Gasteiger charge is 2.23. The van der Waals surface area contributed by atoms with Gasteiger partial charge in [-0.25, -0.2) is 14.8 Å². The van der Waals surface area contributed by atoms with Gasteiger partial charge in [-0.2, -0.15) is 0 Å². The van der Waals surface area contributed by atoms with Crippen molar-refractivity contribution in [3.05, 3.63) is 93.4 Å². The maximum Gasteiger partial charge on any atom is 0.333 e. The van der Waals surface area contributed by atoms with Crippen molar-refractivity contribution in [1.82, 2.24) is 24.4 Å². The number of anilines is 1. The first-order valence-electron chi connectivity index (χ1n) is 10.3. The molecule has 0 atom stereocenters. The van der Waals surface area contributed by atoms with E-state index >= 15 is 0 Å². The topological polar surface area (TPSA) is 104 Å². The fourth-order valence-electron chi connectivity index (χ4n) is 3.97. The van der Waals surface area contributed by atoms with E-state index in [4.69, 9.17) is 0 Å². The standard InChI is InChI=1S/C23H20N6O3/c30-20-18-7-1-2-8-19(18)29(23(32)26-20)17-6-3-5-16(15-17)21(31)27-11-13-28(14-12-27)22-24-9-4-10-25-22/h1-10,15H,11-14H2,(H,26,30,32). The predicted molar refractivity (Wildman–Crippen MR) is 120 cm³/mol. The highest BCUT2D eigenvalue weighted by molar-refractivity contribution is 5.95. The van der Waals surface area contributed by atoms with Gasteiger partial charge in [0.1, 0.15) is 0 Å². The van der Waals surface area contributed by atoms with E-state index in [-0.39, 0.29) is 5.91 Å². The fourth-order valence-corrected chi connectivity index (χ4v) is 3.97. The van der Waals surface area contributed by atoms with E-state index in [9.17, 15) is 14.4 Å². The summed E-state index contributed by atoms with van der Waals surface area (Å²) in [4.78, 5) is 52.6. The second kappa shape index (κ2) is 8.10. The van der Waals surface area contributed by atoms with Crippen molar-refractivity contribution in [1.29, 1.82) is 0 Å². The number of piperazine rings is 1. The Bertz CT molecular complexity index is 1400. The number of fused-ring (bicyclic) bond motifs is 1. The quantitative estimate of drug-likeness (QED) is 0.529. The Morgan fingerprint density at radius 2 is 1.62 bits per heavy atom. The molecule has 2 aromatic carbocycles. The average molecular weight is 428 g/mol. The lowest BCUT2D eigenvalue weighted by atomic mass is 10.1. The van der Waals surface area contributed by atoms with Gasteiger partial charge in [-0.15, -0.1) is 0 Å². The lowest BCUT2D eigenvalue weighted by Gasteiger charge is -2.34. The minimum atomic E-state index is -0.547. The minimum absolute atomic E-state index is 0.109. The first-order valence-corrected chi connectivity index (χ1v) is 10.3. The molecule has 0 radical (unpaired) electrons. The number of carbonyl (C=O) groups is 1. The molecule has 0 aliphatic carbocycles. The SMILES string of the molecule is O=C(c1cccc(-n2c(=O)[nH]c(=O)c3ccccc32)c1)N1CCN(c2ncccn2)CC1. The van der Waals surface area contributed by atoms with Crippen molar-refractivity contribution in [2.75, 3.05) is 31.1 Å². The summed E-state index contributed by atoms with van der Waals surface area (Å²) in [5, 5.41) is 0.406. The molecule has 0 unspecified atom stereocenters. The molecule has 32 heavy (non-hydrogen) atoms. The number of para-hydroxylation sites is 1. The van der Waals surface area contributed by atoms with Gasteiger partial charge in [-0.1, -0.05) is 18.2 Å². The summed E-state index contributed by atoms with van der Waals surface area (Å²) in [7, 11) is 0. The molecule has 5 rings (SSSR count). The summed E-state index contributed by atoms with van der Waals surface area (Å²) in [5.74, 6) is 0.549. The van der Waals surface area contributed by atoms with Crippen LogP contribution in [0, 0.1) is 0 Å². The van der Waals surface area contributed by atoms with E-state index in [0.717, 1.165) is 0 Å². The molecule has 9 nitrogen and oxygen atoms in total. The number of hydrogen-bond acceptors (Lipinski definition) is 6. The zero-order chi connectivity index (χ0) is 22.1. The normalized spacial score (nSPS) is 14.0. The van der Waals surface area contributed by atoms with Crippen molar-refractivity contribution in [2.45, 2.75) is 0 Å². The Morgan fingerprint density at radius 3 is 2.41 bits per heavy atom. The van der Waals surface area contributed by atoms with Gasteiger partial charge in [0.2, 0.25) is 5.95 Å². The third-order valence-electron chi connectivity index (χ3n) is 5.57. The molecule has 1 N–H and O–H groups in total. The van der Waals surface area contributed by atoms with Crippen LogP contribution in [0.4, 0.5) is 5.95 Å². The molecule has 2 aromatic heterocycles.